The summed E-state index contributed by atoms with van der Waals surface area (Å²) in [6, 6.07) is 10.9. The molecule has 1 aromatic heterocycles. The maximum Gasteiger partial charge on any atom is 0.303 e. The fourth-order valence-corrected chi connectivity index (χ4v) is 6.24. The van der Waals surface area contributed by atoms with E-state index < -0.39 is 59.6 Å². The number of hydrogen-bond acceptors (Lipinski definition) is 13. The third-order valence-corrected chi connectivity index (χ3v) is 8.03. The summed E-state index contributed by atoms with van der Waals surface area (Å²) in [6.45, 7) is 6.20. The number of amides is 1. The van der Waals surface area contributed by atoms with E-state index >= 15 is 0 Å². The molecule has 14 heteroatoms. The summed E-state index contributed by atoms with van der Waals surface area (Å²) in [7, 11) is 0. The Labute approximate surface area is 256 Å². The number of anilines is 1. The fourth-order valence-electron chi connectivity index (χ4n) is 4.39. The summed E-state index contributed by atoms with van der Waals surface area (Å²) in [6.07, 6.45) is -3.42. The second-order valence-corrected chi connectivity index (χ2v) is 11.6. The van der Waals surface area contributed by atoms with Crippen LogP contribution in [0.25, 0.3) is 6.08 Å². The summed E-state index contributed by atoms with van der Waals surface area (Å²) in [4.78, 5) is 68.6. The highest BCUT2D eigenvalue weighted by Crippen LogP contribution is 2.39. The van der Waals surface area contributed by atoms with Crippen LogP contribution in [0.3, 0.4) is 0 Å². The molecule has 0 aliphatic carbocycles. The van der Waals surface area contributed by atoms with Gasteiger partial charge in [-0.1, -0.05) is 35.5 Å². The molecule has 3 heterocycles. The van der Waals surface area contributed by atoms with Crippen molar-refractivity contribution in [2.75, 3.05) is 11.5 Å². The highest BCUT2D eigenvalue weighted by Gasteiger charge is 2.53. The lowest BCUT2D eigenvalue weighted by molar-refractivity contribution is -0.237. The Kier molecular flexibility index (Phi) is 10.4. The molecule has 5 atom stereocenters. The first-order valence-electron chi connectivity index (χ1n) is 13.1. The molecule has 0 spiro atoms. The Morgan fingerprint density at radius 2 is 1.56 bits per heavy atom. The van der Waals surface area contributed by atoms with Crippen LogP contribution in [0.5, 0.6) is 0 Å². The number of benzene rings is 1. The lowest BCUT2D eigenvalue weighted by Gasteiger charge is -2.44. The van der Waals surface area contributed by atoms with Crippen LogP contribution in [0.2, 0.25) is 0 Å². The first-order valence-corrected chi connectivity index (χ1v) is 14.9. The largest absolute Gasteiger partial charge is 0.463 e. The monoisotopic (exact) mass is 630 g/mol. The van der Waals surface area contributed by atoms with Gasteiger partial charge in [0.05, 0.1) is 5.69 Å². The zero-order valence-corrected chi connectivity index (χ0v) is 25.6. The van der Waals surface area contributed by atoms with Gasteiger partial charge in [0.1, 0.15) is 18.4 Å². The fraction of sp³-hybridized carbons (Fsp3) is 0.379. The normalized spacial score (nSPS) is 24.3. The number of aliphatic imine (C=N–C) groups is 1. The Bertz CT molecular complexity index is 1440. The number of hydrogen-bond donors (Lipinski definition) is 0. The standard InChI is InChI=1S/C29H30N2O10S2/c1-15-8-10-20(11-9-15)31-27(36)22(13-21-7-6-12-42-21)30-29(31)43-28-26(40-19(5)35)25(39-18(4)34)24(38-17(3)33)23(41-28)14-37-16(2)32/h6-13,23-26,28H,14H2,1-5H3/b22-13-/t23-,24-,25+,26+,28+/m0/s1. The van der Waals surface area contributed by atoms with Gasteiger partial charge in [-0.2, -0.15) is 0 Å². The van der Waals surface area contributed by atoms with Crippen molar-refractivity contribution in [3.8, 4) is 0 Å². The van der Waals surface area contributed by atoms with Crippen molar-refractivity contribution in [3.05, 3.63) is 57.9 Å². The number of aryl methyl sites for hydroxylation is 1. The van der Waals surface area contributed by atoms with Crippen LogP contribution < -0.4 is 4.90 Å². The van der Waals surface area contributed by atoms with Gasteiger partial charge < -0.3 is 23.7 Å². The number of thiophene rings is 1. The van der Waals surface area contributed by atoms with E-state index in [0.717, 1.165) is 43.0 Å². The maximum absolute atomic E-state index is 13.7. The molecule has 0 bridgehead atoms. The van der Waals surface area contributed by atoms with Gasteiger partial charge in [-0.3, -0.25) is 28.9 Å². The SMILES string of the molecule is CC(=O)OC[C@@H]1O[C@H](SC2=N/C(=C\c3cccs3)C(=O)N2c2ccc(C)cc2)[C@H](OC(C)=O)[C@H](OC(C)=O)[C@H]1OC(C)=O. The molecule has 0 saturated carbocycles. The summed E-state index contributed by atoms with van der Waals surface area (Å²) in [5.41, 5.74) is 0.523. The van der Waals surface area contributed by atoms with Crippen LogP contribution in [-0.2, 0) is 47.7 Å². The smallest absolute Gasteiger partial charge is 0.303 e. The highest BCUT2D eigenvalue weighted by atomic mass is 32.2. The molecule has 2 aliphatic rings. The molecule has 0 unspecified atom stereocenters. The minimum Gasteiger partial charge on any atom is -0.463 e. The molecular formula is C29H30N2O10S2. The van der Waals surface area contributed by atoms with Gasteiger partial charge in [0.25, 0.3) is 5.91 Å². The predicted molar refractivity (Wildman–Crippen MR) is 158 cm³/mol. The maximum atomic E-state index is 13.7. The van der Waals surface area contributed by atoms with Crippen LogP contribution in [0.4, 0.5) is 5.69 Å². The Morgan fingerprint density at radius 1 is 0.930 bits per heavy atom. The van der Waals surface area contributed by atoms with E-state index in [1.54, 1.807) is 18.2 Å². The molecule has 228 valence electrons. The Morgan fingerprint density at radius 3 is 2.14 bits per heavy atom. The third kappa shape index (κ3) is 8.09. The molecule has 1 amide bonds. The summed E-state index contributed by atoms with van der Waals surface area (Å²) >= 11 is 2.38. The molecular weight excluding hydrogens is 600 g/mol. The van der Waals surface area contributed by atoms with E-state index in [2.05, 4.69) is 4.99 Å². The number of carbonyl (C=O) groups is 5. The van der Waals surface area contributed by atoms with Crippen LogP contribution in [0, 0.1) is 6.92 Å². The zero-order valence-electron chi connectivity index (χ0n) is 24.0. The van der Waals surface area contributed by atoms with Crippen LogP contribution in [0.1, 0.15) is 38.1 Å². The summed E-state index contributed by atoms with van der Waals surface area (Å²) < 4.78 is 27.9. The molecule has 2 aliphatic heterocycles. The number of amidine groups is 1. The van der Waals surface area contributed by atoms with E-state index in [1.165, 1.54) is 23.2 Å². The van der Waals surface area contributed by atoms with Gasteiger partial charge in [0.2, 0.25) is 0 Å². The Hall–Kier alpha value is -4.01. The van der Waals surface area contributed by atoms with E-state index in [4.69, 9.17) is 23.7 Å². The van der Waals surface area contributed by atoms with Crippen molar-refractivity contribution in [1.82, 2.24) is 0 Å². The predicted octanol–water partition coefficient (Wildman–Crippen LogP) is 3.62. The van der Waals surface area contributed by atoms with E-state index in [9.17, 15) is 24.0 Å². The summed E-state index contributed by atoms with van der Waals surface area (Å²) in [5, 5.41) is 2.07. The van der Waals surface area contributed by atoms with Crippen molar-refractivity contribution in [1.29, 1.82) is 0 Å². The number of rotatable bonds is 8. The van der Waals surface area contributed by atoms with Crippen molar-refractivity contribution in [3.63, 3.8) is 0 Å². The molecule has 0 N–H and O–H groups in total. The molecule has 1 aromatic carbocycles. The highest BCUT2D eigenvalue weighted by molar-refractivity contribution is 8.14. The topological polar surface area (TPSA) is 147 Å². The minimum absolute atomic E-state index is 0.163. The third-order valence-electron chi connectivity index (χ3n) is 6.11. The first kappa shape index (κ1) is 31.9. The average molecular weight is 631 g/mol. The van der Waals surface area contributed by atoms with Gasteiger partial charge in [0.15, 0.2) is 28.9 Å². The Balaban J connectivity index is 1.78. The quantitative estimate of drug-likeness (QED) is 0.239. The van der Waals surface area contributed by atoms with Crippen LogP contribution >= 0.6 is 23.1 Å². The van der Waals surface area contributed by atoms with Crippen molar-refractivity contribution in [2.45, 2.75) is 64.5 Å². The number of carbonyl (C=O) groups excluding carboxylic acids is 5. The second kappa shape index (κ2) is 14.0. The number of esters is 4. The molecule has 1 fully saturated rings. The van der Waals surface area contributed by atoms with E-state index in [0.29, 0.717) is 5.69 Å². The lowest BCUT2D eigenvalue weighted by atomic mass is 9.99. The van der Waals surface area contributed by atoms with Crippen molar-refractivity contribution in [2.24, 2.45) is 4.99 Å². The van der Waals surface area contributed by atoms with Gasteiger partial charge in [0, 0.05) is 32.6 Å². The number of ether oxygens (including phenoxy) is 5. The lowest BCUT2D eigenvalue weighted by Crippen LogP contribution is -2.61. The molecule has 43 heavy (non-hydrogen) atoms. The number of thioether (sulfide) groups is 1. The number of nitrogens with zero attached hydrogens (tertiary/aromatic N) is 2. The first-order chi connectivity index (χ1) is 20.4. The van der Waals surface area contributed by atoms with Crippen molar-refractivity contribution < 1.29 is 47.7 Å². The zero-order chi connectivity index (χ0) is 31.3. The van der Waals surface area contributed by atoms with E-state index in [1.807, 2.05) is 36.6 Å². The molecule has 2 aromatic rings. The molecule has 0 radical (unpaired) electrons. The minimum atomic E-state index is -1.34. The summed E-state index contributed by atoms with van der Waals surface area (Å²) in [5.74, 6) is -3.22. The van der Waals surface area contributed by atoms with Gasteiger partial charge in [-0.15, -0.1) is 11.3 Å². The van der Waals surface area contributed by atoms with Crippen molar-refractivity contribution >= 4 is 69.8 Å². The van der Waals surface area contributed by atoms with Gasteiger partial charge in [-0.25, -0.2) is 4.99 Å². The molecule has 1 saturated heterocycles. The van der Waals surface area contributed by atoms with Crippen LogP contribution in [-0.4, -0.2) is 71.4 Å². The molecule has 12 nitrogen and oxygen atoms in total. The van der Waals surface area contributed by atoms with E-state index in [-0.39, 0.29) is 17.5 Å². The average Bonchev–Trinajstić information content (AvgIpc) is 3.54. The second-order valence-electron chi connectivity index (χ2n) is 9.60. The van der Waals surface area contributed by atoms with Gasteiger partial charge >= 0.3 is 23.9 Å². The van der Waals surface area contributed by atoms with Gasteiger partial charge in [-0.05, 0) is 36.6 Å². The van der Waals surface area contributed by atoms with Crippen LogP contribution in [0.15, 0.2) is 52.5 Å². The molecule has 4 rings (SSSR count).